The SMILES string of the molecule is CN=C(CCC(C)=O)c1[nH]c(=O)c(O)cc1Cl. The van der Waals surface area contributed by atoms with E-state index in [4.69, 9.17) is 11.6 Å². The smallest absolute Gasteiger partial charge is 0.290 e. The fraction of sp³-hybridized carbons (Fsp3) is 0.364. The molecule has 0 saturated carbocycles. The molecule has 0 spiro atoms. The Hall–Kier alpha value is -1.62. The zero-order chi connectivity index (χ0) is 13.0. The Bertz CT molecular complexity index is 520. The van der Waals surface area contributed by atoms with E-state index >= 15 is 0 Å². The zero-order valence-corrected chi connectivity index (χ0v) is 10.3. The van der Waals surface area contributed by atoms with Crippen molar-refractivity contribution in [3.05, 3.63) is 27.1 Å². The van der Waals surface area contributed by atoms with Gasteiger partial charge in [0.25, 0.3) is 5.56 Å². The summed E-state index contributed by atoms with van der Waals surface area (Å²) in [6.45, 7) is 1.48. The normalized spacial score (nSPS) is 11.6. The first kappa shape index (κ1) is 13.4. The first-order chi connectivity index (χ1) is 7.95. The second-order valence-corrected chi connectivity index (χ2v) is 3.99. The predicted octanol–water partition coefficient (Wildman–Crippen LogP) is 1.52. The van der Waals surface area contributed by atoms with Crippen LogP contribution in [0.3, 0.4) is 0 Å². The number of rotatable bonds is 4. The molecule has 0 unspecified atom stereocenters. The number of aromatic nitrogens is 1. The molecular formula is C11H13ClN2O3. The van der Waals surface area contributed by atoms with Crippen LogP contribution in [0.25, 0.3) is 0 Å². The fourth-order valence-corrected chi connectivity index (χ4v) is 1.61. The molecule has 1 aromatic rings. The van der Waals surface area contributed by atoms with Gasteiger partial charge in [0.2, 0.25) is 0 Å². The van der Waals surface area contributed by atoms with Gasteiger partial charge in [0, 0.05) is 19.5 Å². The lowest BCUT2D eigenvalue weighted by atomic mass is 10.1. The molecule has 6 heteroatoms. The Morgan fingerprint density at radius 3 is 2.71 bits per heavy atom. The number of Topliss-reactive ketones (excluding diaryl/α,β-unsaturated/α-hetero) is 1. The third-order valence-electron chi connectivity index (χ3n) is 2.25. The standard InChI is InChI=1S/C11H13ClN2O3/c1-6(15)3-4-8(13-2)10-7(12)5-9(16)11(17)14-10/h5,16H,3-4H2,1-2H3,(H,14,17). The quantitative estimate of drug-likeness (QED) is 0.802. The zero-order valence-electron chi connectivity index (χ0n) is 9.58. The molecule has 5 nitrogen and oxygen atoms in total. The molecule has 0 amide bonds. The van der Waals surface area contributed by atoms with Crippen molar-refractivity contribution in [1.29, 1.82) is 0 Å². The van der Waals surface area contributed by atoms with Gasteiger partial charge in [-0.1, -0.05) is 11.6 Å². The van der Waals surface area contributed by atoms with Crippen LogP contribution < -0.4 is 5.56 Å². The number of pyridine rings is 1. The summed E-state index contributed by atoms with van der Waals surface area (Å²) < 4.78 is 0. The summed E-state index contributed by atoms with van der Waals surface area (Å²) in [5, 5.41) is 9.38. The van der Waals surface area contributed by atoms with Gasteiger partial charge in [-0.25, -0.2) is 0 Å². The molecule has 2 N–H and O–H groups in total. The predicted molar refractivity (Wildman–Crippen MR) is 66.1 cm³/mol. The number of nitrogens with one attached hydrogen (secondary N) is 1. The third-order valence-corrected chi connectivity index (χ3v) is 2.54. The highest BCUT2D eigenvalue weighted by atomic mass is 35.5. The molecule has 0 radical (unpaired) electrons. The van der Waals surface area contributed by atoms with Crippen LogP contribution >= 0.6 is 11.6 Å². The second-order valence-electron chi connectivity index (χ2n) is 3.58. The number of hydrogen-bond acceptors (Lipinski definition) is 4. The number of nitrogens with zero attached hydrogens (tertiary/aromatic N) is 1. The van der Waals surface area contributed by atoms with Crippen LogP contribution in [0, 0.1) is 0 Å². The van der Waals surface area contributed by atoms with Gasteiger partial charge in [0.05, 0.1) is 16.4 Å². The van der Waals surface area contributed by atoms with Gasteiger partial charge in [-0.15, -0.1) is 0 Å². The van der Waals surface area contributed by atoms with E-state index in [-0.39, 0.29) is 10.8 Å². The van der Waals surface area contributed by atoms with Gasteiger partial charge < -0.3 is 14.9 Å². The molecule has 0 atom stereocenters. The van der Waals surface area contributed by atoms with Gasteiger partial charge in [-0.2, -0.15) is 0 Å². The molecule has 1 aromatic heterocycles. The molecular weight excluding hydrogens is 244 g/mol. The van der Waals surface area contributed by atoms with Crippen LogP contribution in [-0.2, 0) is 4.79 Å². The maximum absolute atomic E-state index is 11.3. The van der Waals surface area contributed by atoms with E-state index in [1.165, 1.54) is 6.92 Å². The average molecular weight is 257 g/mol. The van der Waals surface area contributed by atoms with Crippen LogP contribution in [0.2, 0.25) is 5.02 Å². The Balaban J connectivity index is 3.09. The first-order valence-corrected chi connectivity index (χ1v) is 5.40. The monoisotopic (exact) mass is 256 g/mol. The van der Waals surface area contributed by atoms with Gasteiger partial charge in [-0.3, -0.25) is 9.79 Å². The highest BCUT2D eigenvalue weighted by Crippen LogP contribution is 2.18. The van der Waals surface area contributed by atoms with Crippen molar-refractivity contribution in [2.75, 3.05) is 7.05 Å². The van der Waals surface area contributed by atoms with E-state index in [9.17, 15) is 14.7 Å². The van der Waals surface area contributed by atoms with E-state index in [0.717, 1.165) is 6.07 Å². The molecule has 0 fully saturated rings. The number of aromatic hydroxyl groups is 1. The van der Waals surface area contributed by atoms with Crippen molar-refractivity contribution >= 4 is 23.1 Å². The minimum Gasteiger partial charge on any atom is -0.503 e. The third kappa shape index (κ3) is 3.42. The molecule has 0 bridgehead atoms. The summed E-state index contributed by atoms with van der Waals surface area (Å²) in [6, 6.07) is 1.16. The minimum absolute atomic E-state index is 0.0309. The highest BCUT2D eigenvalue weighted by molar-refractivity contribution is 6.34. The van der Waals surface area contributed by atoms with Crippen LogP contribution in [0.15, 0.2) is 15.9 Å². The summed E-state index contributed by atoms with van der Waals surface area (Å²) in [5.41, 5.74) is 0.244. The van der Waals surface area contributed by atoms with Crippen LogP contribution in [-0.4, -0.2) is 28.6 Å². The average Bonchev–Trinajstić information content (AvgIpc) is 2.25. The maximum atomic E-state index is 11.3. The number of halogens is 1. The number of hydrogen-bond donors (Lipinski definition) is 2. The van der Waals surface area contributed by atoms with Crippen LogP contribution in [0.4, 0.5) is 0 Å². The van der Waals surface area contributed by atoms with Gasteiger partial charge in [-0.05, 0) is 13.3 Å². The Morgan fingerprint density at radius 2 is 2.18 bits per heavy atom. The Kier molecular flexibility index (Phi) is 4.45. The van der Waals surface area contributed by atoms with Gasteiger partial charge in [0.1, 0.15) is 5.78 Å². The highest BCUT2D eigenvalue weighted by Gasteiger charge is 2.12. The number of aromatic amines is 1. The maximum Gasteiger partial charge on any atom is 0.290 e. The number of aliphatic imine (C=N–C) groups is 1. The number of ketones is 1. The number of H-pyrrole nitrogens is 1. The van der Waals surface area contributed by atoms with Crippen molar-refractivity contribution in [3.8, 4) is 5.75 Å². The minimum atomic E-state index is -0.631. The molecule has 1 rings (SSSR count). The van der Waals surface area contributed by atoms with Gasteiger partial charge in [0.15, 0.2) is 5.75 Å². The number of carbonyl (C=O) groups is 1. The molecule has 0 aliphatic heterocycles. The van der Waals surface area contributed by atoms with Crippen LogP contribution in [0.5, 0.6) is 5.75 Å². The van der Waals surface area contributed by atoms with E-state index < -0.39 is 11.3 Å². The van der Waals surface area contributed by atoms with E-state index in [2.05, 4.69) is 9.98 Å². The van der Waals surface area contributed by atoms with Crippen LogP contribution in [0.1, 0.15) is 25.5 Å². The summed E-state index contributed by atoms with van der Waals surface area (Å²) in [6.07, 6.45) is 0.720. The van der Waals surface area contributed by atoms with Crippen molar-refractivity contribution in [3.63, 3.8) is 0 Å². The topological polar surface area (TPSA) is 82.5 Å². The fourth-order valence-electron chi connectivity index (χ4n) is 1.35. The second kappa shape index (κ2) is 5.63. The Morgan fingerprint density at radius 1 is 1.53 bits per heavy atom. The van der Waals surface area contributed by atoms with E-state index in [0.29, 0.717) is 24.2 Å². The largest absolute Gasteiger partial charge is 0.503 e. The molecule has 17 heavy (non-hydrogen) atoms. The number of carbonyl (C=O) groups excluding carboxylic acids is 1. The molecule has 92 valence electrons. The van der Waals surface area contributed by atoms with Crippen molar-refractivity contribution in [2.24, 2.45) is 4.99 Å². The molecule has 0 aliphatic rings. The lowest BCUT2D eigenvalue weighted by molar-refractivity contribution is -0.116. The summed E-state index contributed by atoms with van der Waals surface area (Å²) in [5.74, 6) is -0.413. The van der Waals surface area contributed by atoms with Crippen molar-refractivity contribution < 1.29 is 9.90 Å². The lowest BCUT2D eigenvalue weighted by Gasteiger charge is -2.07. The van der Waals surface area contributed by atoms with E-state index in [1.54, 1.807) is 7.05 Å². The molecule has 0 saturated heterocycles. The van der Waals surface area contributed by atoms with E-state index in [1.807, 2.05) is 0 Å². The molecule has 0 aromatic carbocycles. The summed E-state index contributed by atoms with van der Waals surface area (Å²) >= 11 is 5.89. The molecule has 0 aliphatic carbocycles. The van der Waals surface area contributed by atoms with Crippen molar-refractivity contribution in [1.82, 2.24) is 4.98 Å². The first-order valence-electron chi connectivity index (χ1n) is 5.03. The van der Waals surface area contributed by atoms with Crippen molar-refractivity contribution in [2.45, 2.75) is 19.8 Å². The summed E-state index contributed by atoms with van der Waals surface area (Å²) in [4.78, 5) is 28.6. The Labute approximate surface area is 103 Å². The van der Waals surface area contributed by atoms with Gasteiger partial charge >= 0.3 is 0 Å². The lowest BCUT2D eigenvalue weighted by Crippen LogP contribution is -2.14. The summed E-state index contributed by atoms with van der Waals surface area (Å²) in [7, 11) is 1.55. The molecule has 1 heterocycles.